The zero-order chi connectivity index (χ0) is 13.4. The van der Waals surface area contributed by atoms with E-state index in [2.05, 4.69) is 17.9 Å². The maximum absolute atomic E-state index is 9.01. The van der Waals surface area contributed by atoms with Crippen molar-refractivity contribution in [3.8, 4) is 6.07 Å². The van der Waals surface area contributed by atoms with Crippen molar-refractivity contribution in [2.24, 2.45) is 11.3 Å². The first-order valence-corrected chi connectivity index (χ1v) is 7.71. The predicted molar refractivity (Wildman–Crippen MR) is 77.3 cm³/mol. The van der Waals surface area contributed by atoms with E-state index in [0.717, 1.165) is 12.3 Å². The van der Waals surface area contributed by atoms with Crippen LogP contribution in [0.5, 0.6) is 0 Å². The summed E-state index contributed by atoms with van der Waals surface area (Å²) in [5.41, 5.74) is -0.142. The van der Waals surface area contributed by atoms with E-state index in [1.807, 2.05) is 13.8 Å². The van der Waals surface area contributed by atoms with Crippen LogP contribution in [0.15, 0.2) is 0 Å². The van der Waals surface area contributed by atoms with E-state index < -0.39 is 0 Å². The van der Waals surface area contributed by atoms with Gasteiger partial charge in [-0.15, -0.1) is 0 Å². The lowest BCUT2D eigenvalue weighted by atomic mass is 9.90. The van der Waals surface area contributed by atoms with Gasteiger partial charge in [-0.2, -0.15) is 5.26 Å². The molecule has 18 heavy (non-hydrogen) atoms. The van der Waals surface area contributed by atoms with Gasteiger partial charge >= 0.3 is 0 Å². The second-order valence-corrected chi connectivity index (χ2v) is 6.53. The molecule has 0 N–H and O–H groups in total. The molecule has 0 aromatic heterocycles. The van der Waals surface area contributed by atoms with Crippen LogP contribution in [0, 0.1) is 22.7 Å². The third-order valence-electron chi connectivity index (χ3n) is 4.22. The molecule has 1 aliphatic heterocycles. The van der Waals surface area contributed by atoms with Crippen LogP contribution in [0.2, 0.25) is 0 Å². The van der Waals surface area contributed by atoms with Crippen molar-refractivity contribution in [2.75, 3.05) is 19.6 Å². The van der Waals surface area contributed by atoms with Gasteiger partial charge in [0.1, 0.15) is 0 Å². The van der Waals surface area contributed by atoms with Crippen LogP contribution in [-0.2, 0) is 0 Å². The standard InChI is InChI=1S/C16H30N2/c1-4-7-15-8-5-11-18(13-9-15)12-6-10-16(2,3)14-17/h15H,4-13H2,1-3H3. The molecular formula is C16H30N2. The quantitative estimate of drug-likeness (QED) is 0.706. The summed E-state index contributed by atoms with van der Waals surface area (Å²) in [6.45, 7) is 10.1. The highest BCUT2D eigenvalue weighted by molar-refractivity contribution is 4.91. The molecule has 0 bridgehead atoms. The van der Waals surface area contributed by atoms with E-state index in [9.17, 15) is 0 Å². The lowest BCUT2D eigenvalue weighted by Gasteiger charge is -2.22. The molecule has 1 fully saturated rings. The Morgan fingerprint density at radius 2 is 2.06 bits per heavy atom. The third kappa shape index (κ3) is 5.87. The second-order valence-electron chi connectivity index (χ2n) is 6.53. The summed E-state index contributed by atoms with van der Waals surface area (Å²) in [7, 11) is 0. The first-order valence-electron chi connectivity index (χ1n) is 7.71. The van der Waals surface area contributed by atoms with Crippen molar-refractivity contribution >= 4 is 0 Å². The van der Waals surface area contributed by atoms with Crippen molar-refractivity contribution in [3.05, 3.63) is 0 Å². The molecule has 0 aromatic carbocycles. The highest BCUT2D eigenvalue weighted by Gasteiger charge is 2.19. The lowest BCUT2D eigenvalue weighted by molar-refractivity contribution is 0.261. The van der Waals surface area contributed by atoms with E-state index in [1.54, 1.807) is 0 Å². The lowest BCUT2D eigenvalue weighted by Crippen LogP contribution is -2.27. The number of nitriles is 1. The molecule has 2 nitrogen and oxygen atoms in total. The normalized spacial score (nSPS) is 22.4. The molecule has 0 aromatic rings. The fraction of sp³-hybridized carbons (Fsp3) is 0.938. The molecule has 0 amide bonds. The molecule has 104 valence electrons. The van der Waals surface area contributed by atoms with E-state index in [4.69, 9.17) is 5.26 Å². The summed E-state index contributed by atoms with van der Waals surface area (Å²) >= 11 is 0. The number of hydrogen-bond donors (Lipinski definition) is 0. The summed E-state index contributed by atoms with van der Waals surface area (Å²) < 4.78 is 0. The third-order valence-corrected chi connectivity index (χ3v) is 4.22. The van der Waals surface area contributed by atoms with E-state index >= 15 is 0 Å². The van der Waals surface area contributed by atoms with Crippen LogP contribution in [-0.4, -0.2) is 24.5 Å². The zero-order valence-corrected chi connectivity index (χ0v) is 12.5. The van der Waals surface area contributed by atoms with Gasteiger partial charge < -0.3 is 4.90 Å². The first-order chi connectivity index (χ1) is 8.57. The first kappa shape index (κ1) is 15.5. The molecule has 0 saturated carbocycles. The van der Waals surface area contributed by atoms with Crippen LogP contribution in [0.25, 0.3) is 0 Å². The molecule has 0 aliphatic carbocycles. The largest absolute Gasteiger partial charge is 0.303 e. The molecular weight excluding hydrogens is 220 g/mol. The Hall–Kier alpha value is -0.550. The Labute approximate surface area is 113 Å². The van der Waals surface area contributed by atoms with Crippen LogP contribution >= 0.6 is 0 Å². The number of likely N-dealkylation sites (tertiary alicyclic amines) is 1. The molecule has 1 heterocycles. The number of hydrogen-bond acceptors (Lipinski definition) is 2. The average Bonchev–Trinajstić information content (AvgIpc) is 2.56. The van der Waals surface area contributed by atoms with Crippen LogP contribution in [0.1, 0.15) is 65.7 Å². The Morgan fingerprint density at radius 3 is 2.72 bits per heavy atom. The smallest absolute Gasteiger partial charge is 0.0683 e. The highest BCUT2D eigenvalue weighted by Crippen LogP contribution is 2.24. The minimum absolute atomic E-state index is 0.142. The number of rotatable bonds is 6. The van der Waals surface area contributed by atoms with Crippen molar-refractivity contribution in [3.63, 3.8) is 0 Å². The van der Waals surface area contributed by atoms with Gasteiger partial charge in [-0.3, -0.25) is 0 Å². The summed E-state index contributed by atoms with van der Waals surface area (Å²) in [5.74, 6) is 0.968. The minimum atomic E-state index is -0.142. The summed E-state index contributed by atoms with van der Waals surface area (Å²) in [6, 6.07) is 2.40. The van der Waals surface area contributed by atoms with Gasteiger partial charge in [-0.1, -0.05) is 19.8 Å². The van der Waals surface area contributed by atoms with E-state index in [0.29, 0.717) is 0 Å². The van der Waals surface area contributed by atoms with Gasteiger partial charge in [0.2, 0.25) is 0 Å². The maximum atomic E-state index is 9.01. The SMILES string of the molecule is CCCC1CCCN(CCCC(C)(C)C#N)CC1. The predicted octanol–water partition coefficient (Wildman–Crippen LogP) is 4.22. The molecule has 0 spiro atoms. The van der Waals surface area contributed by atoms with E-state index in [-0.39, 0.29) is 5.41 Å². The Kier molecular flexibility index (Phi) is 6.71. The molecule has 0 radical (unpaired) electrons. The molecule has 1 saturated heterocycles. The fourth-order valence-corrected chi connectivity index (χ4v) is 2.95. The van der Waals surface area contributed by atoms with Gasteiger partial charge in [0.05, 0.1) is 11.5 Å². The fourth-order valence-electron chi connectivity index (χ4n) is 2.95. The maximum Gasteiger partial charge on any atom is 0.0683 e. The zero-order valence-electron chi connectivity index (χ0n) is 12.5. The van der Waals surface area contributed by atoms with Gasteiger partial charge in [0.25, 0.3) is 0 Å². The number of nitrogens with zero attached hydrogens (tertiary/aromatic N) is 2. The molecule has 1 atom stereocenters. The molecule has 2 heteroatoms. The monoisotopic (exact) mass is 250 g/mol. The van der Waals surface area contributed by atoms with Gasteiger partial charge in [-0.05, 0) is 71.5 Å². The minimum Gasteiger partial charge on any atom is -0.303 e. The Balaban J connectivity index is 2.22. The molecule has 1 aliphatic rings. The highest BCUT2D eigenvalue weighted by atomic mass is 15.1. The van der Waals surface area contributed by atoms with Crippen molar-refractivity contribution in [1.82, 2.24) is 4.90 Å². The molecule has 1 unspecified atom stereocenters. The van der Waals surface area contributed by atoms with Crippen molar-refractivity contribution in [1.29, 1.82) is 5.26 Å². The topological polar surface area (TPSA) is 27.0 Å². The van der Waals surface area contributed by atoms with Gasteiger partial charge in [0.15, 0.2) is 0 Å². The summed E-state index contributed by atoms with van der Waals surface area (Å²) in [5, 5.41) is 9.01. The molecule has 1 rings (SSSR count). The Morgan fingerprint density at radius 1 is 1.28 bits per heavy atom. The summed E-state index contributed by atoms with van der Waals surface area (Å²) in [4.78, 5) is 2.61. The van der Waals surface area contributed by atoms with Crippen molar-refractivity contribution < 1.29 is 0 Å². The second kappa shape index (κ2) is 7.79. The van der Waals surface area contributed by atoms with Crippen LogP contribution in [0.4, 0.5) is 0 Å². The van der Waals surface area contributed by atoms with Crippen molar-refractivity contribution in [2.45, 2.75) is 65.7 Å². The Bertz CT molecular complexity index is 265. The summed E-state index contributed by atoms with van der Waals surface area (Å²) in [6.07, 6.45) is 9.11. The van der Waals surface area contributed by atoms with Crippen LogP contribution in [0.3, 0.4) is 0 Å². The van der Waals surface area contributed by atoms with Crippen LogP contribution < -0.4 is 0 Å². The van der Waals surface area contributed by atoms with Gasteiger partial charge in [0, 0.05) is 0 Å². The van der Waals surface area contributed by atoms with Gasteiger partial charge in [-0.25, -0.2) is 0 Å². The average molecular weight is 250 g/mol. The van der Waals surface area contributed by atoms with E-state index in [1.165, 1.54) is 58.2 Å².